The minimum absolute atomic E-state index is 0.0825. The number of rotatable bonds is 6. The van der Waals surface area contributed by atoms with E-state index in [2.05, 4.69) is 0 Å². The molecule has 2 aromatic rings. The van der Waals surface area contributed by atoms with E-state index in [0.717, 1.165) is 23.1 Å². The summed E-state index contributed by atoms with van der Waals surface area (Å²) in [6, 6.07) is 5.24. The topological polar surface area (TPSA) is 49.7 Å². The highest BCUT2D eigenvalue weighted by molar-refractivity contribution is 5.89. The summed E-state index contributed by atoms with van der Waals surface area (Å²) >= 11 is 0. The lowest BCUT2D eigenvalue weighted by Crippen LogP contribution is -2.22. The Morgan fingerprint density at radius 2 is 1.95 bits per heavy atom. The molecule has 0 aliphatic rings. The Morgan fingerprint density at radius 1 is 1.23 bits per heavy atom. The Morgan fingerprint density at radius 3 is 2.55 bits per heavy atom. The number of ether oxygens (including phenoxy) is 3. The average Bonchev–Trinajstić information content (AvgIpc) is 2.96. The van der Waals surface area contributed by atoms with Crippen LogP contribution in [0.15, 0.2) is 24.4 Å². The van der Waals surface area contributed by atoms with Gasteiger partial charge in [-0.15, -0.1) is 0 Å². The van der Waals surface area contributed by atoms with Gasteiger partial charge in [0.05, 0.1) is 25.8 Å². The Labute approximate surface area is 130 Å². The molecule has 0 amide bonds. The number of carbonyl (C=O) groups excluding carboxylic acids is 1. The number of esters is 1. The zero-order chi connectivity index (χ0) is 16.3. The molecule has 0 aliphatic carbocycles. The number of benzene rings is 1. The zero-order valence-electron chi connectivity index (χ0n) is 13.8. The molecule has 1 aromatic heterocycles. The monoisotopic (exact) mass is 305 g/mol. The lowest BCUT2D eigenvalue weighted by atomic mass is 10.2. The Bertz CT molecular complexity index is 662. The van der Waals surface area contributed by atoms with Crippen molar-refractivity contribution in [2.75, 3.05) is 14.2 Å². The molecule has 0 bridgehead atoms. The Hall–Kier alpha value is -2.17. The van der Waals surface area contributed by atoms with Gasteiger partial charge in [0.1, 0.15) is 17.5 Å². The van der Waals surface area contributed by atoms with E-state index < -0.39 is 6.04 Å². The fourth-order valence-corrected chi connectivity index (χ4v) is 2.32. The molecule has 22 heavy (non-hydrogen) atoms. The van der Waals surface area contributed by atoms with Gasteiger partial charge in [-0.3, -0.25) is 0 Å². The molecule has 0 fully saturated rings. The van der Waals surface area contributed by atoms with Crippen LogP contribution in [0.3, 0.4) is 0 Å². The molecule has 0 N–H and O–H groups in total. The van der Waals surface area contributed by atoms with E-state index in [-0.39, 0.29) is 12.1 Å². The smallest absolute Gasteiger partial charge is 0.329 e. The molecule has 0 saturated carbocycles. The zero-order valence-corrected chi connectivity index (χ0v) is 13.8. The van der Waals surface area contributed by atoms with Gasteiger partial charge in [0, 0.05) is 23.7 Å². The van der Waals surface area contributed by atoms with Crippen molar-refractivity contribution in [2.45, 2.75) is 39.3 Å². The summed E-state index contributed by atoms with van der Waals surface area (Å²) in [5.74, 6) is 1.16. The first-order chi connectivity index (χ1) is 10.5. The Balaban J connectivity index is 2.41. The van der Waals surface area contributed by atoms with Crippen LogP contribution < -0.4 is 9.47 Å². The van der Waals surface area contributed by atoms with Gasteiger partial charge in [-0.2, -0.15) is 0 Å². The van der Waals surface area contributed by atoms with Crippen molar-refractivity contribution in [3.63, 3.8) is 0 Å². The molecule has 0 spiro atoms. The van der Waals surface area contributed by atoms with Crippen LogP contribution in [-0.2, 0) is 9.53 Å². The van der Waals surface area contributed by atoms with Crippen LogP contribution in [0, 0.1) is 0 Å². The number of carbonyl (C=O) groups is 1. The second kappa shape index (κ2) is 6.73. The van der Waals surface area contributed by atoms with Gasteiger partial charge in [-0.1, -0.05) is 6.92 Å². The van der Waals surface area contributed by atoms with Gasteiger partial charge >= 0.3 is 5.97 Å². The van der Waals surface area contributed by atoms with E-state index in [1.165, 1.54) is 0 Å². The number of hydrogen-bond donors (Lipinski definition) is 0. The second-order valence-corrected chi connectivity index (χ2v) is 5.32. The largest absolute Gasteiger partial charge is 0.497 e. The van der Waals surface area contributed by atoms with Gasteiger partial charge in [0.15, 0.2) is 0 Å². The molecule has 5 nitrogen and oxygen atoms in total. The summed E-state index contributed by atoms with van der Waals surface area (Å²) in [7, 11) is 3.22. The van der Waals surface area contributed by atoms with Crippen molar-refractivity contribution in [1.82, 2.24) is 4.57 Å². The van der Waals surface area contributed by atoms with Crippen molar-refractivity contribution in [1.29, 1.82) is 0 Å². The number of hydrogen-bond acceptors (Lipinski definition) is 4. The summed E-state index contributed by atoms with van der Waals surface area (Å²) in [5, 5.41) is 0.937. The number of aromatic nitrogens is 1. The predicted octanol–water partition coefficient (Wildman–Crippen LogP) is 3.56. The van der Waals surface area contributed by atoms with E-state index in [1.54, 1.807) is 14.2 Å². The van der Waals surface area contributed by atoms with E-state index in [9.17, 15) is 4.79 Å². The first-order valence-electron chi connectivity index (χ1n) is 7.44. The summed E-state index contributed by atoms with van der Waals surface area (Å²) in [6.07, 6.45) is 2.59. The fourth-order valence-electron chi connectivity index (χ4n) is 2.32. The molecule has 120 valence electrons. The van der Waals surface area contributed by atoms with E-state index in [4.69, 9.17) is 14.2 Å². The van der Waals surface area contributed by atoms with Gasteiger partial charge < -0.3 is 18.8 Å². The number of methoxy groups -OCH3 is 2. The molecule has 0 saturated heterocycles. The minimum atomic E-state index is -0.414. The maximum absolute atomic E-state index is 12.3. The first kappa shape index (κ1) is 16.2. The maximum Gasteiger partial charge on any atom is 0.329 e. The van der Waals surface area contributed by atoms with Crippen LogP contribution in [-0.4, -0.2) is 30.9 Å². The van der Waals surface area contributed by atoms with E-state index in [0.29, 0.717) is 5.75 Å². The molecule has 2 atom stereocenters. The summed E-state index contributed by atoms with van der Waals surface area (Å²) in [4.78, 5) is 12.3. The summed E-state index contributed by atoms with van der Waals surface area (Å²) < 4.78 is 18.0. The van der Waals surface area contributed by atoms with Crippen LogP contribution in [0.1, 0.15) is 33.2 Å². The number of fused-ring (bicyclic) bond motifs is 1. The fraction of sp³-hybridized carbons (Fsp3) is 0.471. The quantitative estimate of drug-likeness (QED) is 0.766. The lowest BCUT2D eigenvalue weighted by Gasteiger charge is -2.18. The van der Waals surface area contributed by atoms with Crippen LogP contribution in [0.25, 0.3) is 10.9 Å². The third-order valence-corrected chi connectivity index (χ3v) is 3.88. The molecule has 1 aromatic carbocycles. The molecule has 5 heteroatoms. The third-order valence-electron chi connectivity index (χ3n) is 3.88. The highest BCUT2D eigenvalue weighted by Crippen LogP contribution is 2.33. The Kier molecular flexibility index (Phi) is 4.96. The van der Waals surface area contributed by atoms with Gasteiger partial charge in [-0.25, -0.2) is 4.79 Å². The predicted molar refractivity (Wildman–Crippen MR) is 85.6 cm³/mol. The lowest BCUT2D eigenvalue weighted by molar-refractivity contribution is -0.151. The minimum Gasteiger partial charge on any atom is -0.497 e. The van der Waals surface area contributed by atoms with Gasteiger partial charge in [-0.05, 0) is 26.3 Å². The van der Waals surface area contributed by atoms with E-state index >= 15 is 0 Å². The van der Waals surface area contributed by atoms with Crippen molar-refractivity contribution in [3.8, 4) is 11.5 Å². The normalized spacial score (nSPS) is 13.7. The van der Waals surface area contributed by atoms with Crippen molar-refractivity contribution < 1.29 is 19.0 Å². The van der Waals surface area contributed by atoms with Crippen molar-refractivity contribution in [3.05, 3.63) is 24.4 Å². The van der Waals surface area contributed by atoms with Crippen LogP contribution in [0.4, 0.5) is 0 Å². The van der Waals surface area contributed by atoms with Crippen LogP contribution in [0.5, 0.6) is 11.5 Å². The average molecular weight is 305 g/mol. The second-order valence-electron chi connectivity index (χ2n) is 5.32. The van der Waals surface area contributed by atoms with Gasteiger partial charge in [0.25, 0.3) is 0 Å². The molecular weight excluding hydrogens is 282 g/mol. The van der Waals surface area contributed by atoms with Crippen molar-refractivity contribution >= 4 is 16.9 Å². The standard InChI is InChI=1S/C17H23NO4/c1-6-11(2)22-17(19)12(3)18-8-7-14-15(18)9-13(20-4)10-16(14)21-5/h7-12H,6H2,1-5H3. The summed E-state index contributed by atoms with van der Waals surface area (Å²) in [6.45, 7) is 5.71. The molecule has 0 aliphatic heterocycles. The third kappa shape index (κ3) is 3.03. The molecule has 2 rings (SSSR count). The highest BCUT2D eigenvalue weighted by atomic mass is 16.5. The van der Waals surface area contributed by atoms with Crippen molar-refractivity contribution in [2.24, 2.45) is 0 Å². The SMILES string of the molecule is CCC(C)OC(=O)C(C)n1ccc2c(OC)cc(OC)cc21. The van der Waals surface area contributed by atoms with E-state index in [1.807, 2.05) is 49.7 Å². The molecule has 2 unspecified atom stereocenters. The molecule has 1 heterocycles. The highest BCUT2D eigenvalue weighted by Gasteiger charge is 2.21. The maximum atomic E-state index is 12.3. The van der Waals surface area contributed by atoms with Gasteiger partial charge in [0.2, 0.25) is 0 Å². The van der Waals surface area contributed by atoms with Crippen LogP contribution >= 0.6 is 0 Å². The van der Waals surface area contributed by atoms with Crippen LogP contribution in [0.2, 0.25) is 0 Å². The number of nitrogens with zero attached hydrogens (tertiary/aromatic N) is 1. The molecule has 0 radical (unpaired) electrons. The first-order valence-corrected chi connectivity index (χ1v) is 7.44. The summed E-state index contributed by atoms with van der Waals surface area (Å²) in [5.41, 5.74) is 0.879. The molecular formula is C17H23NO4.